The second-order valence-corrected chi connectivity index (χ2v) is 6.90. The van der Waals surface area contributed by atoms with Gasteiger partial charge in [0, 0.05) is 44.4 Å². The number of carbonyl (C=O) groups is 2. The van der Waals surface area contributed by atoms with E-state index in [1.165, 1.54) is 36.4 Å². The van der Waals surface area contributed by atoms with Gasteiger partial charge >= 0.3 is 0 Å². The number of hydrogen-bond acceptors (Lipinski definition) is 7. The molecule has 1 N–H and O–H groups in total. The van der Waals surface area contributed by atoms with Crippen molar-refractivity contribution < 1.29 is 29.1 Å². The first-order chi connectivity index (χ1) is 14.9. The quantitative estimate of drug-likeness (QED) is 0.502. The van der Waals surface area contributed by atoms with Gasteiger partial charge in [0.05, 0.1) is 18.0 Å². The number of rotatable bonds is 8. The zero-order chi connectivity index (χ0) is 22.2. The summed E-state index contributed by atoms with van der Waals surface area (Å²) in [6.45, 7) is 1.68. The number of hydrogen-bond donors (Lipinski definition) is 1. The Bertz CT molecular complexity index is 925. The molecule has 0 aliphatic carbocycles. The zero-order valence-electron chi connectivity index (χ0n) is 16.8. The lowest BCUT2D eigenvalue weighted by atomic mass is 10.2. The maximum atomic E-state index is 12.3. The molecule has 0 unspecified atom stereocenters. The average Bonchev–Trinajstić information content (AvgIpc) is 2.78. The monoisotopic (exact) mass is 429 g/mol. The van der Waals surface area contributed by atoms with E-state index in [1.807, 2.05) is 0 Å². The lowest BCUT2D eigenvalue weighted by molar-refractivity contribution is -0.384. The number of nitrogens with zero attached hydrogens (tertiary/aromatic N) is 3. The van der Waals surface area contributed by atoms with Crippen LogP contribution in [-0.2, 0) is 9.59 Å². The number of amides is 2. The number of aromatic hydroxyl groups is 1. The van der Waals surface area contributed by atoms with Crippen molar-refractivity contribution in [2.75, 3.05) is 39.4 Å². The van der Waals surface area contributed by atoms with E-state index in [0.29, 0.717) is 37.7 Å². The largest absolute Gasteiger partial charge is 0.508 e. The Balaban J connectivity index is 1.36. The van der Waals surface area contributed by atoms with Crippen LogP contribution in [-0.4, -0.2) is 71.0 Å². The molecule has 1 saturated heterocycles. The van der Waals surface area contributed by atoms with E-state index in [4.69, 9.17) is 9.47 Å². The van der Waals surface area contributed by atoms with Gasteiger partial charge in [-0.1, -0.05) is 6.07 Å². The number of carbonyl (C=O) groups excluding carboxylic acids is 2. The highest BCUT2D eigenvalue weighted by Crippen LogP contribution is 2.18. The van der Waals surface area contributed by atoms with Crippen molar-refractivity contribution in [1.82, 2.24) is 9.80 Å². The Morgan fingerprint density at radius 2 is 1.58 bits per heavy atom. The number of non-ortho nitro benzene ring substituents is 1. The first kappa shape index (κ1) is 21.9. The smallest absolute Gasteiger partial charge is 0.269 e. The predicted octanol–water partition coefficient (Wildman–Crippen LogP) is 1.82. The van der Waals surface area contributed by atoms with Crippen LogP contribution in [0, 0.1) is 10.1 Å². The summed E-state index contributed by atoms with van der Waals surface area (Å²) in [5.41, 5.74) is -0.0493. The van der Waals surface area contributed by atoms with Gasteiger partial charge in [0.25, 0.3) is 11.6 Å². The van der Waals surface area contributed by atoms with Crippen molar-refractivity contribution in [3.05, 3.63) is 58.6 Å². The third kappa shape index (κ3) is 6.33. The van der Waals surface area contributed by atoms with Crippen LogP contribution in [0.25, 0.3) is 0 Å². The molecule has 164 valence electrons. The highest BCUT2D eigenvalue weighted by atomic mass is 16.6. The van der Waals surface area contributed by atoms with Gasteiger partial charge in [0.2, 0.25) is 5.91 Å². The summed E-state index contributed by atoms with van der Waals surface area (Å²) in [4.78, 5) is 38.1. The molecule has 1 heterocycles. The number of ether oxygens (including phenoxy) is 2. The summed E-state index contributed by atoms with van der Waals surface area (Å²) < 4.78 is 10.9. The Labute approximate surface area is 178 Å². The van der Waals surface area contributed by atoms with E-state index in [-0.39, 0.29) is 42.9 Å². The van der Waals surface area contributed by atoms with Gasteiger partial charge in [-0.05, 0) is 24.3 Å². The van der Waals surface area contributed by atoms with E-state index in [1.54, 1.807) is 21.9 Å². The topological polar surface area (TPSA) is 122 Å². The Kier molecular flexibility index (Phi) is 7.26. The van der Waals surface area contributed by atoms with Gasteiger partial charge in [-0.2, -0.15) is 0 Å². The molecule has 0 atom stereocenters. The molecule has 0 saturated carbocycles. The van der Waals surface area contributed by atoms with Crippen LogP contribution < -0.4 is 9.47 Å². The van der Waals surface area contributed by atoms with Crippen molar-refractivity contribution in [2.24, 2.45) is 0 Å². The summed E-state index contributed by atoms with van der Waals surface area (Å²) in [6, 6.07) is 11.9. The standard InChI is InChI=1S/C21H23N3O7/c25-17-2-1-3-19(14-17)30-13-8-20(26)22-9-11-23(12-10-22)21(27)15-31-18-6-4-16(5-7-18)24(28)29/h1-7,14,25H,8-13,15H2. The number of phenolic OH excluding ortho intramolecular Hbond substituents is 1. The number of piperazine rings is 1. The van der Waals surface area contributed by atoms with Crippen molar-refractivity contribution in [2.45, 2.75) is 6.42 Å². The molecule has 3 rings (SSSR count). The molecule has 0 bridgehead atoms. The fraction of sp³-hybridized carbons (Fsp3) is 0.333. The van der Waals surface area contributed by atoms with Crippen LogP contribution in [0.15, 0.2) is 48.5 Å². The lowest BCUT2D eigenvalue weighted by Crippen LogP contribution is -2.51. The Hall–Kier alpha value is -3.82. The molecule has 1 aliphatic heterocycles. The third-order valence-electron chi connectivity index (χ3n) is 4.80. The Morgan fingerprint density at radius 1 is 0.935 bits per heavy atom. The maximum Gasteiger partial charge on any atom is 0.269 e. The normalized spacial score (nSPS) is 13.5. The fourth-order valence-corrected chi connectivity index (χ4v) is 3.09. The van der Waals surface area contributed by atoms with Gasteiger partial charge in [-0.15, -0.1) is 0 Å². The fourth-order valence-electron chi connectivity index (χ4n) is 3.09. The summed E-state index contributed by atoms with van der Waals surface area (Å²) >= 11 is 0. The van der Waals surface area contributed by atoms with Crippen LogP contribution in [0.4, 0.5) is 5.69 Å². The number of phenols is 1. The van der Waals surface area contributed by atoms with Crippen molar-refractivity contribution >= 4 is 17.5 Å². The lowest BCUT2D eigenvalue weighted by Gasteiger charge is -2.34. The molecule has 2 aromatic rings. The second kappa shape index (κ2) is 10.3. The highest BCUT2D eigenvalue weighted by molar-refractivity contribution is 5.79. The van der Waals surface area contributed by atoms with Crippen LogP contribution in [0.2, 0.25) is 0 Å². The number of benzene rings is 2. The minimum absolute atomic E-state index is 0.0493. The molecule has 0 spiro atoms. The van der Waals surface area contributed by atoms with Crippen molar-refractivity contribution in [1.29, 1.82) is 0 Å². The van der Waals surface area contributed by atoms with E-state index in [0.717, 1.165) is 0 Å². The van der Waals surface area contributed by atoms with Crippen LogP contribution in [0.1, 0.15) is 6.42 Å². The number of nitro groups is 1. The molecule has 10 heteroatoms. The molecule has 0 aromatic heterocycles. The van der Waals surface area contributed by atoms with Gasteiger partial charge in [-0.25, -0.2) is 0 Å². The van der Waals surface area contributed by atoms with Gasteiger partial charge in [-0.3, -0.25) is 19.7 Å². The first-order valence-electron chi connectivity index (χ1n) is 9.77. The van der Waals surface area contributed by atoms with E-state index in [9.17, 15) is 24.8 Å². The predicted molar refractivity (Wildman–Crippen MR) is 110 cm³/mol. The Morgan fingerprint density at radius 3 is 2.19 bits per heavy atom. The van der Waals surface area contributed by atoms with Gasteiger partial charge in [0.1, 0.15) is 17.2 Å². The van der Waals surface area contributed by atoms with Gasteiger partial charge < -0.3 is 24.4 Å². The van der Waals surface area contributed by atoms with Crippen LogP contribution >= 0.6 is 0 Å². The maximum absolute atomic E-state index is 12.3. The van der Waals surface area contributed by atoms with E-state index in [2.05, 4.69) is 0 Å². The average molecular weight is 429 g/mol. The molecular formula is C21H23N3O7. The number of nitro benzene ring substituents is 1. The van der Waals surface area contributed by atoms with Crippen molar-refractivity contribution in [3.8, 4) is 17.2 Å². The summed E-state index contributed by atoms with van der Waals surface area (Å²) in [5.74, 6) is 0.699. The minimum Gasteiger partial charge on any atom is -0.508 e. The molecular weight excluding hydrogens is 406 g/mol. The molecule has 10 nitrogen and oxygen atoms in total. The first-order valence-corrected chi connectivity index (χ1v) is 9.77. The molecule has 0 radical (unpaired) electrons. The minimum atomic E-state index is -0.506. The molecule has 2 amide bonds. The van der Waals surface area contributed by atoms with Gasteiger partial charge in [0.15, 0.2) is 6.61 Å². The SMILES string of the molecule is O=C(CCOc1cccc(O)c1)N1CCN(C(=O)COc2ccc([N+](=O)[O-])cc2)CC1. The van der Waals surface area contributed by atoms with Crippen LogP contribution in [0.5, 0.6) is 17.2 Å². The van der Waals surface area contributed by atoms with E-state index < -0.39 is 4.92 Å². The van der Waals surface area contributed by atoms with E-state index >= 15 is 0 Å². The van der Waals surface area contributed by atoms with Crippen molar-refractivity contribution in [3.63, 3.8) is 0 Å². The summed E-state index contributed by atoms with van der Waals surface area (Å²) in [5, 5.41) is 20.1. The molecule has 2 aromatic carbocycles. The molecule has 1 fully saturated rings. The second-order valence-electron chi connectivity index (χ2n) is 6.90. The van der Waals surface area contributed by atoms with Crippen LogP contribution in [0.3, 0.4) is 0 Å². The highest BCUT2D eigenvalue weighted by Gasteiger charge is 2.24. The zero-order valence-corrected chi connectivity index (χ0v) is 16.8. The third-order valence-corrected chi connectivity index (χ3v) is 4.80. The summed E-state index contributed by atoms with van der Waals surface area (Å²) in [7, 11) is 0. The summed E-state index contributed by atoms with van der Waals surface area (Å²) in [6.07, 6.45) is 0.201. The molecule has 31 heavy (non-hydrogen) atoms. The molecule has 1 aliphatic rings.